The molecule has 8 nitrogen and oxygen atoms in total. The summed E-state index contributed by atoms with van der Waals surface area (Å²) in [6, 6.07) is 0. The topological polar surface area (TPSA) is 90.5 Å². The average Bonchev–Trinajstić information content (AvgIpc) is 2.77. The lowest BCUT2D eigenvalue weighted by atomic mass is 10.5. The molecule has 0 fully saturated rings. The molecule has 0 saturated carbocycles. The molecule has 0 aliphatic carbocycles. The first kappa shape index (κ1) is 9.31. The summed E-state index contributed by atoms with van der Waals surface area (Å²) in [6.07, 6.45) is 4.59. The van der Waals surface area contributed by atoms with Gasteiger partial charge >= 0.3 is 0 Å². The van der Waals surface area contributed by atoms with Crippen LogP contribution in [0, 0.1) is 0 Å². The van der Waals surface area contributed by atoms with Gasteiger partial charge in [0.1, 0.15) is 6.54 Å². The van der Waals surface area contributed by atoms with Gasteiger partial charge in [-0.3, -0.25) is 4.79 Å². The summed E-state index contributed by atoms with van der Waals surface area (Å²) in [5, 5.41) is 17.6. The van der Waals surface area contributed by atoms with Gasteiger partial charge in [-0.1, -0.05) is 5.21 Å². The highest BCUT2D eigenvalue weighted by Crippen LogP contribution is 1.97. The Hall–Kier alpha value is -2.25. The number of rotatable bonds is 3. The SMILES string of the molecule is Cn1ncc(NC(=O)Cn2ccnn2)n1. The van der Waals surface area contributed by atoms with E-state index in [1.807, 2.05) is 0 Å². The van der Waals surface area contributed by atoms with Gasteiger partial charge in [0.15, 0.2) is 5.82 Å². The summed E-state index contributed by atoms with van der Waals surface area (Å²) in [5.74, 6) is 0.198. The van der Waals surface area contributed by atoms with Crippen LogP contribution < -0.4 is 5.32 Å². The third-order valence-corrected chi connectivity index (χ3v) is 1.64. The van der Waals surface area contributed by atoms with Crippen molar-refractivity contribution in [2.75, 3.05) is 5.32 Å². The molecule has 0 aromatic carbocycles. The van der Waals surface area contributed by atoms with Crippen molar-refractivity contribution in [2.45, 2.75) is 6.54 Å². The molecular weight excluding hydrogens is 198 g/mol. The van der Waals surface area contributed by atoms with E-state index < -0.39 is 0 Å². The molecule has 0 unspecified atom stereocenters. The molecule has 2 rings (SSSR count). The summed E-state index contributed by atoms with van der Waals surface area (Å²) in [6.45, 7) is 0.108. The standard InChI is InChI=1S/C7H9N7O/c1-13-9-4-6(11-13)10-7(15)5-14-3-2-8-12-14/h2-4H,5H2,1H3,(H,10,11,15). The fraction of sp³-hybridized carbons (Fsp3) is 0.286. The van der Waals surface area contributed by atoms with Crippen LogP contribution >= 0.6 is 0 Å². The predicted molar refractivity (Wildman–Crippen MR) is 49.7 cm³/mol. The normalized spacial score (nSPS) is 10.2. The Morgan fingerprint density at radius 1 is 1.60 bits per heavy atom. The maximum atomic E-state index is 11.4. The van der Waals surface area contributed by atoms with Crippen LogP contribution in [-0.2, 0) is 18.4 Å². The summed E-state index contributed by atoms with van der Waals surface area (Å²) < 4.78 is 1.42. The predicted octanol–water partition coefficient (Wildman–Crippen LogP) is -0.955. The molecular formula is C7H9N7O. The molecule has 0 bridgehead atoms. The molecule has 15 heavy (non-hydrogen) atoms. The lowest BCUT2D eigenvalue weighted by Gasteiger charge is -1.99. The second kappa shape index (κ2) is 3.86. The highest BCUT2D eigenvalue weighted by atomic mass is 16.2. The number of carbonyl (C=O) groups excluding carboxylic acids is 1. The van der Waals surface area contributed by atoms with Gasteiger partial charge < -0.3 is 5.32 Å². The van der Waals surface area contributed by atoms with Crippen molar-refractivity contribution in [3.8, 4) is 0 Å². The van der Waals surface area contributed by atoms with Crippen molar-refractivity contribution in [2.24, 2.45) is 7.05 Å². The third-order valence-electron chi connectivity index (χ3n) is 1.64. The van der Waals surface area contributed by atoms with E-state index in [0.29, 0.717) is 5.82 Å². The molecule has 1 N–H and O–H groups in total. The fourth-order valence-electron chi connectivity index (χ4n) is 1.05. The Labute approximate surface area is 84.9 Å². The number of nitrogens with zero attached hydrogens (tertiary/aromatic N) is 6. The van der Waals surface area contributed by atoms with Crippen LogP contribution in [0.5, 0.6) is 0 Å². The zero-order chi connectivity index (χ0) is 10.7. The van der Waals surface area contributed by atoms with Gasteiger partial charge in [-0.2, -0.15) is 9.90 Å². The van der Waals surface area contributed by atoms with E-state index in [-0.39, 0.29) is 12.5 Å². The van der Waals surface area contributed by atoms with E-state index in [2.05, 4.69) is 25.8 Å². The monoisotopic (exact) mass is 207 g/mol. The van der Waals surface area contributed by atoms with E-state index in [4.69, 9.17) is 0 Å². The molecule has 78 valence electrons. The minimum Gasteiger partial charge on any atom is -0.306 e. The minimum atomic E-state index is -0.221. The van der Waals surface area contributed by atoms with Crippen LogP contribution in [0.1, 0.15) is 0 Å². The lowest BCUT2D eigenvalue weighted by Crippen LogP contribution is -2.19. The molecule has 0 saturated heterocycles. The minimum absolute atomic E-state index is 0.108. The molecule has 1 amide bonds. The van der Waals surface area contributed by atoms with Crippen LogP contribution in [0.15, 0.2) is 18.6 Å². The Morgan fingerprint density at radius 3 is 3.07 bits per heavy atom. The molecule has 0 aliphatic rings. The van der Waals surface area contributed by atoms with E-state index in [9.17, 15) is 4.79 Å². The number of amides is 1. The Bertz CT molecular complexity index is 446. The highest BCUT2D eigenvalue weighted by Gasteiger charge is 2.05. The summed E-state index contributed by atoms with van der Waals surface area (Å²) >= 11 is 0. The zero-order valence-corrected chi connectivity index (χ0v) is 8.03. The van der Waals surface area contributed by atoms with Gasteiger partial charge in [0.05, 0.1) is 12.4 Å². The second-order valence-electron chi connectivity index (χ2n) is 2.87. The van der Waals surface area contributed by atoms with Crippen molar-refractivity contribution in [1.82, 2.24) is 30.0 Å². The molecule has 0 aliphatic heterocycles. The van der Waals surface area contributed by atoms with Crippen molar-refractivity contribution < 1.29 is 4.79 Å². The fourth-order valence-corrected chi connectivity index (χ4v) is 1.05. The average molecular weight is 207 g/mol. The van der Waals surface area contributed by atoms with Crippen molar-refractivity contribution in [3.63, 3.8) is 0 Å². The summed E-state index contributed by atoms with van der Waals surface area (Å²) in [4.78, 5) is 12.8. The number of hydrogen-bond donors (Lipinski definition) is 1. The van der Waals surface area contributed by atoms with Crippen LogP contribution in [0.2, 0.25) is 0 Å². The molecule has 0 spiro atoms. The van der Waals surface area contributed by atoms with Gasteiger partial charge in [0.2, 0.25) is 5.91 Å². The molecule has 2 aromatic rings. The first-order valence-electron chi connectivity index (χ1n) is 4.24. The lowest BCUT2D eigenvalue weighted by molar-refractivity contribution is -0.116. The van der Waals surface area contributed by atoms with Crippen LogP contribution in [0.25, 0.3) is 0 Å². The van der Waals surface area contributed by atoms with Crippen molar-refractivity contribution in [1.29, 1.82) is 0 Å². The van der Waals surface area contributed by atoms with Crippen molar-refractivity contribution >= 4 is 11.7 Å². The highest BCUT2D eigenvalue weighted by molar-refractivity contribution is 5.89. The Morgan fingerprint density at radius 2 is 2.47 bits per heavy atom. The number of hydrogen-bond acceptors (Lipinski definition) is 5. The number of nitrogens with one attached hydrogen (secondary N) is 1. The largest absolute Gasteiger partial charge is 0.306 e. The van der Waals surface area contributed by atoms with Gasteiger partial charge in [0, 0.05) is 13.2 Å². The molecule has 2 heterocycles. The van der Waals surface area contributed by atoms with Gasteiger partial charge in [-0.05, 0) is 0 Å². The summed E-state index contributed by atoms with van der Waals surface area (Å²) in [7, 11) is 1.67. The summed E-state index contributed by atoms with van der Waals surface area (Å²) in [5.41, 5.74) is 0. The molecule has 0 radical (unpaired) electrons. The maximum Gasteiger partial charge on any atom is 0.247 e. The molecule has 2 aromatic heterocycles. The Balaban J connectivity index is 1.93. The smallest absolute Gasteiger partial charge is 0.247 e. The maximum absolute atomic E-state index is 11.4. The van der Waals surface area contributed by atoms with Gasteiger partial charge in [-0.25, -0.2) is 4.68 Å². The second-order valence-corrected chi connectivity index (χ2v) is 2.87. The van der Waals surface area contributed by atoms with Gasteiger partial charge in [-0.15, -0.1) is 10.2 Å². The van der Waals surface area contributed by atoms with E-state index in [1.54, 1.807) is 13.2 Å². The number of aryl methyl sites for hydroxylation is 1. The van der Waals surface area contributed by atoms with Crippen LogP contribution in [-0.4, -0.2) is 35.9 Å². The number of carbonyl (C=O) groups is 1. The van der Waals surface area contributed by atoms with E-state index in [0.717, 1.165) is 0 Å². The quantitative estimate of drug-likeness (QED) is 0.700. The first-order valence-corrected chi connectivity index (χ1v) is 4.24. The zero-order valence-electron chi connectivity index (χ0n) is 8.03. The van der Waals surface area contributed by atoms with E-state index in [1.165, 1.54) is 21.9 Å². The van der Waals surface area contributed by atoms with Crippen molar-refractivity contribution in [3.05, 3.63) is 18.6 Å². The van der Waals surface area contributed by atoms with Crippen LogP contribution in [0.3, 0.4) is 0 Å². The number of aromatic nitrogens is 6. The van der Waals surface area contributed by atoms with E-state index >= 15 is 0 Å². The Kier molecular flexibility index (Phi) is 2.40. The third kappa shape index (κ3) is 2.36. The molecule has 0 atom stereocenters. The first-order chi connectivity index (χ1) is 7.24. The molecule has 8 heteroatoms. The van der Waals surface area contributed by atoms with Gasteiger partial charge in [0.25, 0.3) is 0 Å². The number of anilines is 1. The van der Waals surface area contributed by atoms with Crippen LogP contribution in [0.4, 0.5) is 5.82 Å².